The molecule has 1 unspecified atom stereocenters. The zero-order chi connectivity index (χ0) is 17.6. The van der Waals surface area contributed by atoms with Crippen molar-refractivity contribution in [2.75, 3.05) is 6.54 Å². The first kappa shape index (κ1) is 16.4. The number of hydrogen-bond acceptors (Lipinski definition) is 3. The van der Waals surface area contributed by atoms with Gasteiger partial charge in [0.05, 0.1) is 23.0 Å². The van der Waals surface area contributed by atoms with Gasteiger partial charge < -0.3 is 5.11 Å². The third kappa shape index (κ3) is 2.75. The Balaban J connectivity index is 2.15. The Morgan fingerprint density at radius 2 is 2.04 bits per heavy atom. The summed E-state index contributed by atoms with van der Waals surface area (Å²) in [6.07, 6.45) is -4.65. The minimum absolute atomic E-state index is 0.0389. The van der Waals surface area contributed by atoms with E-state index in [4.69, 9.17) is 16.7 Å². The smallest absolute Gasteiger partial charge is 0.412 e. The number of nitrogens with zero attached hydrogens (tertiary/aromatic N) is 3. The number of rotatable bonds is 2. The number of carboxylic acid groups (broad SMARTS) is 1. The minimum atomic E-state index is -4.65. The second kappa shape index (κ2) is 5.59. The highest BCUT2D eigenvalue weighted by Gasteiger charge is 2.45. The normalized spacial score (nSPS) is 17.4. The molecule has 0 radical (unpaired) electrons. The molecule has 0 aliphatic carbocycles. The van der Waals surface area contributed by atoms with Crippen molar-refractivity contribution >= 4 is 23.3 Å². The summed E-state index contributed by atoms with van der Waals surface area (Å²) in [5, 5.41) is 12.7. The van der Waals surface area contributed by atoms with Gasteiger partial charge in [0.2, 0.25) is 0 Å². The number of benzene rings is 1. The number of aliphatic carboxylic acids is 1. The first-order valence-corrected chi connectivity index (χ1v) is 6.96. The van der Waals surface area contributed by atoms with Crippen LogP contribution in [0.2, 0.25) is 5.02 Å². The van der Waals surface area contributed by atoms with Crippen LogP contribution in [0.1, 0.15) is 11.7 Å². The highest BCUT2D eigenvalue weighted by molar-refractivity contribution is 6.42. The van der Waals surface area contributed by atoms with Crippen molar-refractivity contribution in [1.29, 1.82) is 0 Å². The summed E-state index contributed by atoms with van der Waals surface area (Å²) >= 11 is 5.66. The molecule has 1 aliphatic heterocycles. The third-order valence-electron chi connectivity index (χ3n) is 3.49. The van der Waals surface area contributed by atoms with Gasteiger partial charge in [-0.2, -0.15) is 18.3 Å². The van der Waals surface area contributed by atoms with Gasteiger partial charge in [0.25, 0.3) is 0 Å². The SMILES string of the molecule is O=C(O)C1=NCC(C(F)(F)F)n2nc(-c3ccc(F)c(Cl)c3)cc21. The third-order valence-corrected chi connectivity index (χ3v) is 3.78. The fourth-order valence-electron chi connectivity index (χ4n) is 2.36. The van der Waals surface area contributed by atoms with Crippen LogP contribution in [-0.4, -0.2) is 39.3 Å². The molecule has 1 aliphatic rings. The monoisotopic (exact) mass is 361 g/mol. The van der Waals surface area contributed by atoms with Gasteiger partial charge in [-0.15, -0.1) is 0 Å². The van der Waals surface area contributed by atoms with Gasteiger partial charge in [0.15, 0.2) is 11.8 Å². The molecule has 0 saturated carbocycles. The number of aromatic nitrogens is 2. The maximum absolute atomic E-state index is 13.2. The molecule has 2 heterocycles. The molecule has 1 aromatic heterocycles. The van der Waals surface area contributed by atoms with Gasteiger partial charge in [0.1, 0.15) is 5.82 Å². The Hall–Kier alpha value is -2.42. The predicted molar refractivity (Wildman–Crippen MR) is 76.8 cm³/mol. The second-order valence-corrected chi connectivity index (χ2v) is 5.45. The lowest BCUT2D eigenvalue weighted by atomic mass is 10.1. The molecule has 3 rings (SSSR count). The summed E-state index contributed by atoms with van der Waals surface area (Å²) in [7, 11) is 0. The lowest BCUT2D eigenvalue weighted by Crippen LogP contribution is -2.37. The first-order valence-electron chi connectivity index (χ1n) is 6.58. The Kier molecular flexibility index (Phi) is 3.83. The van der Waals surface area contributed by atoms with Crippen LogP contribution in [0.5, 0.6) is 0 Å². The van der Waals surface area contributed by atoms with Crippen molar-refractivity contribution in [2.24, 2.45) is 4.99 Å². The second-order valence-electron chi connectivity index (χ2n) is 5.04. The highest BCUT2D eigenvalue weighted by atomic mass is 35.5. The van der Waals surface area contributed by atoms with Gasteiger partial charge in [-0.05, 0) is 24.3 Å². The highest BCUT2D eigenvalue weighted by Crippen LogP contribution is 2.35. The van der Waals surface area contributed by atoms with Crippen molar-refractivity contribution in [3.8, 4) is 11.3 Å². The zero-order valence-corrected chi connectivity index (χ0v) is 12.4. The summed E-state index contributed by atoms with van der Waals surface area (Å²) in [5.41, 5.74) is -0.486. The fraction of sp³-hybridized carbons (Fsp3) is 0.214. The molecule has 24 heavy (non-hydrogen) atoms. The molecule has 126 valence electrons. The maximum atomic E-state index is 13.2. The molecule has 0 bridgehead atoms. The first-order chi connectivity index (χ1) is 11.2. The average molecular weight is 362 g/mol. The van der Waals surface area contributed by atoms with E-state index in [1.165, 1.54) is 12.1 Å². The van der Waals surface area contributed by atoms with E-state index in [1.54, 1.807) is 0 Å². The van der Waals surface area contributed by atoms with E-state index in [0.717, 1.165) is 12.1 Å². The van der Waals surface area contributed by atoms with E-state index in [1.807, 2.05) is 0 Å². The van der Waals surface area contributed by atoms with Crippen molar-refractivity contribution in [3.05, 3.63) is 40.8 Å². The summed E-state index contributed by atoms with van der Waals surface area (Å²) in [5.74, 6) is -2.15. The quantitative estimate of drug-likeness (QED) is 0.834. The van der Waals surface area contributed by atoms with Gasteiger partial charge in [0, 0.05) is 5.56 Å². The molecule has 10 heteroatoms. The maximum Gasteiger partial charge on any atom is 0.412 e. The zero-order valence-electron chi connectivity index (χ0n) is 11.7. The van der Waals surface area contributed by atoms with E-state index in [-0.39, 0.29) is 22.0 Å². The number of fused-ring (bicyclic) bond motifs is 1. The van der Waals surface area contributed by atoms with Crippen molar-refractivity contribution < 1.29 is 27.5 Å². The Morgan fingerprint density at radius 1 is 1.33 bits per heavy atom. The van der Waals surface area contributed by atoms with E-state index in [2.05, 4.69) is 10.1 Å². The summed E-state index contributed by atoms with van der Waals surface area (Å²) in [6, 6.07) is 2.62. The van der Waals surface area contributed by atoms with Crippen LogP contribution in [0.15, 0.2) is 29.3 Å². The molecule has 0 amide bonds. The molecular formula is C14H8ClF4N3O2. The summed E-state index contributed by atoms with van der Waals surface area (Å²) in [4.78, 5) is 14.7. The lowest BCUT2D eigenvalue weighted by molar-refractivity contribution is -0.168. The molecule has 1 N–H and O–H groups in total. The van der Waals surface area contributed by atoms with Crippen LogP contribution in [0.4, 0.5) is 17.6 Å². The van der Waals surface area contributed by atoms with Crippen LogP contribution in [0, 0.1) is 5.82 Å². The summed E-state index contributed by atoms with van der Waals surface area (Å²) in [6.45, 7) is -0.774. The lowest BCUT2D eigenvalue weighted by Gasteiger charge is -2.24. The molecular weight excluding hydrogens is 354 g/mol. The van der Waals surface area contributed by atoms with Crippen LogP contribution in [-0.2, 0) is 4.79 Å². The molecule has 2 aromatic rings. The fourth-order valence-corrected chi connectivity index (χ4v) is 2.54. The molecule has 0 fully saturated rings. The van der Waals surface area contributed by atoms with Crippen molar-refractivity contribution in [2.45, 2.75) is 12.2 Å². The van der Waals surface area contributed by atoms with Crippen LogP contribution >= 0.6 is 11.6 Å². The van der Waals surface area contributed by atoms with Crippen molar-refractivity contribution in [1.82, 2.24) is 9.78 Å². The standard InChI is InChI=1S/C14H8ClF4N3O2/c15-7-3-6(1-2-8(7)16)9-4-10-12(13(23)24)20-5-11(14(17,18)19)22(10)21-9/h1-4,11H,5H2,(H,23,24). The molecule has 0 spiro atoms. The average Bonchev–Trinajstić information content (AvgIpc) is 2.92. The predicted octanol–water partition coefficient (Wildman–Crippen LogP) is 3.33. The van der Waals surface area contributed by atoms with Crippen LogP contribution in [0.25, 0.3) is 11.3 Å². The Labute approximate surface area is 137 Å². The van der Waals surface area contributed by atoms with Gasteiger partial charge >= 0.3 is 12.1 Å². The largest absolute Gasteiger partial charge is 0.476 e. The van der Waals surface area contributed by atoms with E-state index in [9.17, 15) is 22.4 Å². The van der Waals surface area contributed by atoms with Gasteiger partial charge in [-0.3, -0.25) is 4.99 Å². The van der Waals surface area contributed by atoms with Gasteiger partial charge in [-0.1, -0.05) is 11.6 Å². The topological polar surface area (TPSA) is 67.5 Å². The number of halogens is 5. The van der Waals surface area contributed by atoms with Crippen LogP contribution < -0.4 is 0 Å². The minimum Gasteiger partial charge on any atom is -0.476 e. The molecule has 5 nitrogen and oxygen atoms in total. The Morgan fingerprint density at radius 3 is 2.62 bits per heavy atom. The number of aliphatic imine (C=N–C) groups is 1. The molecule has 1 aromatic carbocycles. The van der Waals surface area contributed by atoms with Crippen LogP contribution in [0.3, 0.4) is 0 Å². The van der Waals surface area contributed by atoms with E-state index >= 15 is 0 Å². The summed E-state index contributed by atoms with van der Waals surface area (Å²) < 4.78 is 53.2. The van der Waals surface area contributed by atoms with E-state index < -0.39 is 36.3 Å². The Bertz CT molecular complexity index is 860. The number of carboxylic acids is 1. The van der Waals surface area contributed by atoms with Crippen molar-refractivity contribution in [3.63, 3.8) is 0 Å². The van der Waals surface area contributed by atoms with E-state index in [0.29, 0.717) is 4.68 Å². The number of carbonyl (C=O) groups is 1. The molecule has 1 atom stereocenters. The molecule has 0 saturated heterocycles. The van der Waals surface area contributed by atoms with Gasteiger partial charge in [-0.25, -0.2) is 13.9 Å². The number of alkyl halides is 3. The number of hydrogen-bond donors (Lipinski definition) is 1.